The van der Waals surface area contributed by atoms with E-state index in [-0.39, 0.29) is 0 Å². The van der Waals surface area contributed by atoms with Gasteiger partial charge in [0.05, 0.1) is 11.2 Å². The molecule has 0 fully saturated rings. The van der Waals surface area contributed by atoms with E-state index in [1.165, 1.54) is 33.4 Å². The summed E-state index contributed by atoms with van der Waals surface area (Å²) in [7, 11) is 0. The van der Waals surface area contributed by atoms with Gasteiger partial charge in [-0.3, -0.25) is 0 Å². The molecule has 0 aliphatic heterocycles. The molecule has 1 heteroatoms. The molecule has 0 unspecified atom stereocenters. The molecule has 0 spiro atoms. The maximum absolute atomic E-state index is 4.01. The zero-order chi connectivity index (χ0) is 14.8. The highest BCUT2D eigenvalue weighted by atomic mass is 15.0. The first kappa shape index (κ1) is 13.4. The lowest BCUT2D eigenvalue weighted by Crippen LogP contribution is -1.96. The molecule has 0 aliphatic carbocycles. The van der Waals surface area contributed by atoms with Crippen molar-refractivity contribution >= 4 is 23.1 Å². The number of aryl methyl sites for hydroxylation is 1. The first-order valence-electron chi connectivity index (χ1n) is 7.22. The van der Waals surface area contributed by atoms with Crippen molar-refractivity contribution in [3.63, 3.8) is 0 Å². The number of hydrogen-bond acceptors (Lipinski definition) is 0. The van der Waals surface area contributed by atoms with Gasteiger partial charge in [-0.15, -0.1) is 0 Å². The van der Waals surface area contributed by atoms with Gasteiger partial charge in [0, 0.05) is 16.6 Å². The van der Waals surface area contributed by atoms with Crippen LogP contribution in [0.1, 0.15) is 23.7 Å². The zero-order valence-electron chi connectivity index (χ0n) is 12.5. The average Bonchev–Trinajstić information content (AvgIpc) is 2.81. The fraction of sp³-hybridized carbons (Fsp3) is 0.100. The van der Waals surface area contributed by atoms with Crippen LogP contribution in [0.2, 0.25) is 0 Å². The minimum absolute atomic E-state index is 1.17. The smallest absolute Gasteiger partial charge is 0.0541 e. The second-order valence-electron chi connectivity index (χ2n) is 5.19. The van der Waals surface area contributed by atoms with Crippen LogP contribution in [-0.4, -0.2) is 4.57 Å². The van der Waals surface area contributed by atoms with Crippen LogP contribution < -0.4 is 0 Å². The molecule has 0 atom stereocenters. The van der Waals surface area contributed by atoms with Crippen molar-refractivity contribution < 1.29 is 0 Å². The molecule has 0 amide bonds. The van der Waals surface area contributed by atoms with Gasteiger partial charge in [0.1, 0.15) is 0 Å². The van der Waals surface area contributed by atoms with E-state index in [1.807, 2.05) is 19.1 Å². The predicted molar refractivity (Wildman–Crippen MR) is 92.8 cm³/mol. The summed E-state index contributed by atoms with van der Waals surface area (Å²) in [6.45, 7) is 8.19. The topological polar surface area (TPSA) is 4.93 Å². The van der Waals surface area contributed by atoms with E-state index in [9.17, 15) is 0 Å². The Morgan fingerprint density at radius 3 is 2.48 bits per heavy atom. The summed E-state index contributed by atoms with van der Waals surface area (Å²) in [5.74, 6) is 0. The predicted octanol–water partition coefficient (Wildman–Crippen LogP) is 5.62. The molecule has 0 aliphatic rings. The molecule has 0 radical (unpaired) electrons. The van der Waals surface area contributed by atoms with Crippen LogP contribution in [-0.2, 0) is 0 Å². The Hall–Kier alpha value is -2.54. The van der Waals surface area contributed by atoms with Gasteiger partial charge in [0.15, 0.2) is 0 Å². The van der Waals surface area contributed by atoms with Gasteiger partial charge in [-0.05, 0) is 44.2 Å². The minimum Gasteiger partial charge on any atom is -0.309 e. The molecule has 3 rings (SSSR count). The first-order valence-corrected chi connectivity index (χ1v) is 7.22. The van der Waals surface area contributed by atoms with E-state index in [0.717, 1.165) is 0 Å². The van der Waals surface area contributed by atoms with Crippen LogP contribution in [0.3, 0.4) is 0 Å². The van der Waals surface area contributed by atoms with Gasteiger partial charge < -0.3 is 4.57 Å². The fourth-order valence-corrected chi connectivity index (χ4v) is 2.84. The largest absolute Gasteiger partial charge is 0.309 e. The summed E-state index contributed by atoms with van der Waals surface area (Å²) in [5.41, 5.74) is 6.03. The number of benzene rings is 2. The van der Waals surface area contributed by atoms with Crippen molar-refractivity contribution in [3.8, 4) is 5.69 Å². The Kier molecular flexibility index (Phi) is 3.49. The van der Waals surface area contributed by atoms with E-state index >= 15 is 0 Å². The molecule has 2 aromatic carbocycles. The van der Waals surface area contributed by atoms with Crippen molar-refractivity contribution in [1.82, 2.24) is 4.57 Å². The Morgan fingerprint density at radius 1 is 1.05 bits per heavy atom. The number of nitrogens with zero attached hydrogens (tertiary/aromatic N) is 1. The fourth-order valence-electron chi connectivity index (χ4n) is 2.84. The lowest BCUT2D eigenvalue weighted by atomic mass is 10.1. The van der Waals surface area contributed by atoms with Gasteiger partial charge in [0.25, 0.3) is 0 Å². The summed E-state index contributed by atoms with van der Waals surface area (Å²) in [5, 5.41) is 1.25. The highest BCUT2D eigenvalue weighted by Crippen LogP contribution is 2.32. The molecule has 1 aromatic heterocycles. The number of fused-ring (bicyclic) bond motifs is 1. The van der Waals surface area contributed by atoms with E-state index in [4.69, 9.17) is 0 Å². The molecule has 0 bridgehead atoms. The maximum atomic E-state index is 4.01. The monoisotopic (exact) mass is 273 g/mol. The van der Waals surface area contributed by atoms with E-state index in [0.29, 0.717) is 0 Å². The normalized spacial score (nSPS) is 11.3. The Labute approximate surface area is 125 Å². The summed E-state index contributed by atoms with van der Waals surface area (Å²) < 4.78 is 2.30. The highest BCUT2D eigenvalue weighted by molar-refractivity contribution is 5.95. The third-order valence-electron chi connectivity index (χ3n) is 3.74. The maximum Gasteiger partial charge on any atom is 0.0541 e. The number of hydrogen-bond donors (Lipinski definition) is 0. The summed E-state index contributed by atoms with van der Waals surface area (Å²) >= 11 is 0. The molecule has 21 heavy (non-hydrogen) atoms. The Balaban J connectivity index is 2.47. The molecule has 0 N–H and O–H groups in total. The summed E-state index contributed by atoms with van der Waals surface area (Å²) in [4.78, 5) is 0. The number of allylic oxidation sites excluding steroid dienone is 1. The standard InChI is InChI=1S/C20H19N/c1-4-9-19-17(5-2)18-14-15(3)12-13-20(18)21(19)16-10-7-6-8-11-16/h4-14H,2H2,1,3H3/b9-4-. The van der Waals surface area contributed by atoms with Crippen LogP contribution >= 0.6 is 0 Å². The Morgan fingerprint density at radius 2 is 1.81 bits per heavy atom. The first-order chi connectivity index (χ1) is 10.3. The lowest BCUT2D eigenvalue weighted by Gasteiger charge is -2.09. The van der Waals surface area contributed by atoms with Crippen LogP contribution in [0.15, 0.2) is 61.2 Å². The second-order valence-corrected chi connectivity index (χ2v) is 5.19. The molecular formula is C20H19N. The zero-order valence-corrected chi connectivity index (χ0v) is 12.5. The van der Waals surface area contributed by atoms with Crippen LogP contribution in [0.4, 0.5) is 0 Å². The van der Waals surface area contributed by atoms with Gasteiger partial charge in [-0.1, -0.05) is 48.6 Å². The third-order valence-corrected chi connectivity index (χ3v) is 3.74. The van der Waals surface area contributed by atoms with E-state index in [2.05, 4.69) is 72.7 Å². The van der Waals surface area contributed by atoms with Crippen LogP contribution in [0.25, 0.3) is 28.7 Å². The number of para-hydroxylation sites is 1. The lowest BCUT2D eigenvalue weighted by molar-refractivity contribution is 1.10. The molecule has 1 nitrogen and oxygen atoms in total. The van der Waals surface area contributed by atoms with Gasteiger partial charge in [-0.25, -0.2) is 0 Å². The third kappa shape index (κ3) is 2.21. The minimum atomic E-state index is 1.17. The quantitative estimate of drug-likeness (QED) is 0.584. The van der Waals surface area contributed by atoms with Crippen molar-refractivity contribution in [1.29, 1.82) is 0 Å². The van der Waals surface area contributed by atoms with Crippen molar-refractivity contribution in [3.05, 3.63) is 78.0 Å². The number of rotatable bonds is 3. The molecular weight excluding hydrogens is 254 g/mol. The van der Waals surface area contributed by atoms with Gasteiger partial charge in [0.2, 0.25) is 0 Å². The molecule has 0 saturated carbocycles. The van der Waals surface area contributed by atoms with Crippen molar-refractivity contribution in [2.24, 2.45) is 0 Å². The summed E-state index contributed by atoms with van der Waals surface area (Å²) in [6, 6.07) is 17.1. The second kappa shape index (κ2) is 5.45. The SMILES string of the molecule is C=Cc1c(/C=C\C)n(-c2ccccc2)c2ccc(C)cc12. The van der Waals surface area contributed by atoms with Gasteiger partial charge >= 0.3 is 0 Å². The number of aromatic nitrogens is 1. The average molecular weight is 273 g/mol. The van der Waals surface area contributed by atoms with E-state index < -0.39 is 0 Å². The summed E-state index contributed by atoms with van der Waals surface area (Å²) in [6.07, 6.45) is 6.18. The van der Waals surface area contributed by atoms with Crippen LogP contribution in [0, 0.1) is 6.92 Å². The Bertz CT molecular complexity index is 820. The van der Waals surface area contributed by atoms with E-state index in [1.54, 1.807) is 0 Å². The molecule has 1 heterocycles. The molecule has 104 valence electrons. The van der Waals surface area contributed by atoms with Crippen LogP contribution in [0.5, 0.6) is 0 Å². The van der Waals surface area contributed by atoms with Crippen molar-refractivity contribution in [2.45, 2.75) is 13.8 Å². The molecule has 3 aromatic rings. The van der Waals surface area contributed by atoms with Gasteiger partial charge in [-0.2, -0.15) is 0 Å². The van der Waals surface area contributed by atoms with Crippen molar-refractivity contribution in [2.75, 3.05) is 0 Å². The highest BCUT2D eigenvalue weighted by Gasteiger charge is 2.14. The molecule has 0 saturated heterocycles.